The largest absolute Gasteiger partial charge is 0.377 e. The fourth-order valence-electron chi connectivity index (χ4n) is 3.44. The van der Waals surface area contributed by atoms with Gasteiger partial charge in [-0.3, -0.25) is 5.32 Å². The summed E-state index contributed by atoms with van der Waals surface area (Å²) in [7, 11) is -3.12. The minimum atomic E-state index is -3.12. The van der Waals surface area contributed by atoms with Gasteiger partial charge in [0.05, 0.1) is 17.2 Å². The lowest BCUT2D eigenvalue weighted by molar-refractivity contribution is 0.104. The summed E-state index contributed by atoms with van der Waals surface area (Å²) >= 11 is 0. The van der Waals surface area contributed by atoms with Crippen molar-refractivity contribution in [3.8, 4) is 0 Å². The molecule has 0 spiro atoms. The molecule has 23 heavy (non-hydrogen) atoms. The summed E-state index contributed by atoms with van der Waals surface area (Å²) in [6.45, 7) is 2.76. The molecule has 2 saturated heterocycles. The summed E-state index contributed by atoms with van der Waals surface area (Å²) in [4.78, 5) is 0.392. The smallest absolute Gasteiger partial charge is 0.175 e. The lowest BCUT2D eigenvalue weighted by Crippen LogP contribution is -2.49. The first-order valence-corrected chi connectivity index (χ1v) is 10.3. The van der Waals surface area contributed by atoms with Crippen molar-refractivity contribution >= 4 is 9.84 Å². The molecule has 1 aromatic carbocycles. The van der Waals surface area contributed by atoms with Crippen molar-refractivity contribution in [2.75, 3.05) is 26.0 Å². The molecule has 0 saturated carbocycles. The number of sulfone groups is 1. The van der Waals surface area contributed by atoms with Gasteiger partial charge in [-0.2, -0.15) is 0 Å². The van der Waals surface area contributed by atoms with Crippen LogP contribution >= 0.6 is 0 Å². The predicted molar refractivity (Wildman–Crippen MR) is 90.3 cm³/mol. The lowest BCUT2D eigenvalue weighted by atomic mass is 9.88. The van der Waals surface area contributed by atoms with E-state index in [0.717, 1.165) is 39.0 Å². The third kappa shape index (κ3) is 4.53. The van der Waals surface area contributed by atoms with Gasteiger partial charge in [-0.25, -0.2) is 8.42 Å². The summed E-state index contributed by atoms with van der Waals surface area (Å²) in [5.41, 5.74) is 1.22. The highest BCUT2D eigenvalue weighted by atomic mass is 32.2. The second-order valence-corrected chi connectivity index (χ2v) is 8.63. The topological polar surface area (TPSA) is 67.4 Å². The molecule has 2 aliphatic rings. The summed E-state index contributed by atoms with van der Waals surface area (Å²) in [5, 5.41) is 7.08. The standard InChI is InChI=1S/C17H26N2O3S/c1-23(20,21)16-6-4-13(5-7-16)14-8-9-18-17(11-14)19-12-15-3-2-10-22-15/h4-7,14-15,17-19H,2-3,8-12H2,1H3. The van der Waals surface area contributed by atoms with Crippen LogP contribution in [0, 0.1) is 0 Å². The highest BCUT2D eigenvalue weighted by Crippen LogP contribution is 2.28. The van der Waals surface area contributed by atoms with Crippen LogP contribution in [-0.4, -0.2) is 46.6 Å². The molecule has 3 rings (SSSR count). The van der Waals surface area contributed by atoms with Crippen LogP contribution in [0.1, 0.15) is 37.2 Å². The van der Waals surface area contributed by atoms with E-state index in [0.29, 0.717) is 23.1 Å². The van der Waals surface area contributed by atoms with E-state index in [9.17, 15) is 8.42 Å². The Hall–Kier alpha value is -0.950. The van der Waals surface area contributed by atoms with Gasteiger partial charge in [0.2, 0.25) is 0 Å². The maximum atomic E-state index is 11.6. The van der Waals surface area contributed by atoms with Gasteiger partial charge in [0.1, 0.15) is 0 Å². The van der Waals surface area contributed by atoms with Crippen LogP contribution in [-0.2, 0) is 14.6 Å². The Kier molecular flexibility index (Phi) is 5.36. The van der Waals surface area contributed by atoms with Crippen molar-refractivity contribution in [1.29, 1.82) is 0 Å². The van der Waals surface area contributed by atoms with E-state index in [-0.39, 0.29) is 0 Å². The van der Waals surface area contributed by atoms with Gasteiger partial charge < -0.3 is 10.1 Å². The molecule has 3 atom stereocenters. The summed E-state index contributed by atoms with van der Waals surface area (Å²) in [6, 6.07) is 7.37. The van der Waals surface area contributed by atoms with E-state index < -0.39 is 9.84 Å². The first-order chi connectivity index (χ1) is 11.0. The number of hydrogen-bond donors (Lipinski definition) is 2. The van der Waals surface area contributed by atoms with Crippen LogP contribution in [0.25, 0.3) is 0 Å². The Morgan fingerprint density at radius 3 is 2.70 bits per heavy atom. The molecule has 2 N–H and O–H groups in total. The average molecular weight is 338 g/mol. The van der Waals surface area contributed by atoms with Crippen molar-refractivity contribution in [3.05, 3.63) is 29.8 Å². The lowest BCUT2D eigenvalue weighted by Gasteiger charge is -2.32. The monoisotopic (exact) mass is 338 g/mol. The van der Waals surface area contributed by atoms with Gasteiger partial charge in [-0.15, -0.1) is 0 Å². The predicted octanol–water partition coefficient (Wildman–Crippen LogP) is 1.65. The number of benzene rings is 1. The van der Waals surface area contributed by atoms with Crippen molar-refractivity contribution in [2.45, 2.75) is 48.8 Å². The Morgan fingerprint density at radius 2 is 2.04 bits per heavy atom. The Balaban J connectivity index is 1.57. The van der Waals surface area contributed by atoms with Gasteiger partial charge in [-0.05, 0) is 55.8 Å². The Morgan fingerprint density at radius 1 is 1.26 bits per heavy atom. The fourth-order valence-corrected chi connectivity index (χ4v) is 4.07. The van der Waals surface area contributed by atoms with Gasteiger partial charge in [0.15, 0.2) is 9.84 Å². The number of ether oxygens (including phenoxy) is 1. The third-order valence-corrected chi connectivity index (χ3v) is 5.93. The zero-order chi connectivity index (χ0) is 16.3. The van der Waals surface area contributed by atoms with E-state index in [2.05, 4.69) is 10.6 Å². The Labute approximate surface area is 138 Å². The SMILES string of the molecule is CS(=O)(=O)c1ccc(C2CCNC(NCC3CCCO3)C2)cc1. The van der Waals surface area contributed by atoms with E-state index in [1.807, 2.05) is 12.1 Å². The molecule has 0 radical (unpaired) electrons. The number of nitrogens with one attached hydrogen (secondary N) is 2. The summed E-state index contributed by atoms with van der Waals surface area (Å²) in [5.74, 6) is 0.465. The van der Waals surface area contributed by atoms with Gasteiger partial charge >= 0.3 is 0 Å². The van der Waals surface area contributed by atoms with Crippen LogP contribution in [0.5, 0.6) is 0 Å². The minimum absolute atomic E-state index is 0.299. The normalized spacial score (nSPS) is 28.8. The van der Waals surface area contributed by atoms with E-state index >= 15 is 0 Å². The third-order valence-electron chi connectivity index (χ3n) is 4.80. The number of hydrogen-bond acceptors (Lipinski definition) is 5. The molecule has 0 aliphatic carbocycles. The molecule has 5 nitrogen and oxygen atoms in total. The fraction of sp³-hybridized carbons (Fsp3) is 0.647. The zero-order valence-corrected chi connectivity index (χ0v) is 14.4. The van der Waals surface area contributed by atoms with E-state index in [1.165, 1.54) is 18.2 Å². The second-order valence-electron chi connectivity index (χ2n) is 6.61. The van der Waals surface area contributed by atoms with Crippen LogP contribution in [0.2, 0.25) is 0 Å². The van der Waals surface area contributed by atoms with Crippen molar-refractivity contribution in [3.63, 3.8) is 0 Å². The zero-order valence-electron chi connectivity index (χ0n) is 13.6. The quantitative estimate of drug-likeness (QED) is 0.854. The molecule has 3 unspecified atom stereocenters. The highest BCUT2D eigenvalue weighted by Gasteiger charge is 2.24. The molecule has 0 amide bonds. The van der Waals surface area contributed by atoms with Gasteiger partial charge in [0.25, 0.3) is 0 Å². The first-order valence-electron chi connectivity index (χ1n) is 8.41. The van der Waals surface area contributed by atoms with Crippen LogP contribution in [0.15, 0.2) is 29.2 Å². The average Bonchev–Trinajstić information content (AvgIpc) is 3.06. The van der Waals surface area contributed by atoms with Crippen molar-refractivity contribution < 1.29 is 13.2 Å². The van der Waals surface area contributed by atoms with Crippen LogP contribution in [0.4, 0.5) is 0 Å². The maximum Gasteiger partial charge on any atom is 0.175 e. The highest BCUT2D eigenvalue weighted by molar-refractivity contribution is 7.90. The molecule has 2 heterocycles. The summed E-state index contributed by atoms with van der Waals surface area (Å²) in [6.07, 6.45) is 6.31. The van der Waals surface area contributed by atoms with Gasteiger partial charge in [-0.1, -0.05) is 12.1 Å². The number of piperidine rings is 1. The Bertz CT molecular complexity index is 609. The van der Waals surface area contributed by atoms with Gasteiger partial charge in [0, 0.05) is 19.4 Å². The van der Waals surface area contributed by atoms with Crippen LogP contribution in [0.3, 0.4) is 0 Å². The maximum absolute atomic E-state index is 11.6. The van der Waals surface area contributed by atoms with E-state index in [4.69, 9.17) is 4.74 Å². The molecular weight excluding hydrogens is 312 g/mol. The van der Waals surface area contributed by atoms with Crippen molar-refractivity contribution in [2.24, 2.45) is 0 Å². The molecule has 2 aliphatic heterocycles. The molecule has 6 heteroatoms. The molecular formula is C17H26N2O3S. The number of rotatable bonds is 5. The molecule has 1 aromatic rings. The molecule has 128 valence electrons. The van der Waals surface area contributed by atoms with Crippen molar-refractivity contribution in [1.82, 2.24) is 10.6 Å². The molecule has 2 fully saturated rings. The first kappa shape index (κ1) is 16.9. The molecule has 0 bridgehead atoms. The van der Waals surface area contributed by atoms with E-state index in [1.54, 1.807) is 12.1 Å². The second kappa shape index (κ2) is 7.30. The van der Waals surface area contributed by atoms with Crippen LogP contribution < -0.4 is 10.6 Å². The summed E-state index contributed by atoms with van der Waals surface area (Å²) < 4.78 is 28.8. The molecule has 0 aromatic heterocycles. The minimum Gasteiger partial charge on any atom is -0.377 e.